The molecule has 3 aromatic rings. The van der Waals surface area contributed by atoms with Crippen LogP contribution in [0.4, 0.5) is 4.39 Å². The second kappa shape index (κ2) is 13.0. The Hall–Kier alpha value is -2.89. The van der Waals surface area contributed by atoms with Crippen LogP contribution < -0.4 is 15.2 Å². The maximum absolute atomic E-state index is 15.1. The van der Waals surface area contributed by atoms with Crippen LogP contribution in [-0.4, -0.2) is 38.8 Å². The highest BCUT2D eigenvalue weighted by molar-refractivity contribution is 5.44. The highest BCUT2D eigenvalue weighted by Gasteiger charge is 2.25. The van der Waals surface area contributed by atoms with Gasteiger partial charge in [-0.15, -0.1) is 0 Å². The molecule has 0 spiro atoms. The van der Waals surface area contributed by atoms with E-state index in [1.807, 2.05) is 18.2 Å². The Labute approximate surface area is 233 Å². The molecule has 1 saturated heterocycles. The van der Waals surface area contributed by atoms with Crippen molar-refractivity contribution >= 4 is 0 Å². The third kappa shape index (κ3) is 6.82. The Bertz CT molecular complexity index is 1250. The molecular formula is C34H43FN2O2. The molecule has 5 heteroatoms. The van der Waals surface area contributed by atoms with Crippen molar-refractivity contribution in [1.29, 1.82) is 0 Å². The number of fused-ring (bicyclic) bond motifs is 1. The molecule has 1 heterocycles. The minimum atomic E-state index is -0.239. The van der Waals surface area contributed by atoms with Gasteiger partial charge in [0.05, 0.1) is 14.2 Å². The van der Waals surface area contributed by atoms with Gasteiger partial charge >= 0.3 is 0 Å². The minimum Gasteiger partial charge on any atom is -0.497 e. The number of aryl methyl sites for hydroxylation is 2. The Balaban J connectivity index is 1.27. The first-order chi connectivity index (χ1) is 19.0. The molecule has 0 aromatic heterocycles. The first-order valence-electron chi connectivity index (χ1n) is 14.6. The SMILES string of the molecule is COc1ccc2c(c1)CCC(c1ccc(OC)cc1C(N)Cc1ccc(CCCN3CCCCC3)c(F)c1)C2. The van der Waals surface area contributed by atoms with Crippen molar-refractivity contribution < 1.29 is 13.9 Å². The molecule has 208 valence electrons. The maximum atomic E-state index is 15.1. The number of rotatable bonds is 10. The van der Waals surface area contributed by atoms with Gasteiger partial charge in [0.1, 0.15) is 17.3 Å². The second-order valence-electron chi connectivity index (χ2n) is 11.3. The van der Waals surface area contributed by atoms with Crippen LogP contribution in [0.5, 0.6) is 11.5 Å². The molecule has 0 amide bonds. The molecule has 0 radical (unpaired) electrons. The van der Waals surface area contributed by atoms with Gasteiger partial charge in [0.2, 0.25) is 0 Å². The summed E-state index contributed by atoms with van der Waals surface area (Å²) < 4.78 is 26.1. The van der Waals surface area contributed by atoms with Crippen molar-refractivity contribution in [2.45, 2.75) is 69.7 Å². The first-order valence-corrected chi connectivity index (χ1v) is 14.6. The molecule has 5 rings (SSSR count). The first kappa shape index (κ1) is 27.7. The average molecular weight is 531 g/mol. The molecule has 1 aliphatic carbocycles. The molecule has 2 N–H and O–H groups in total. The highest BCUT2D eigenvalue weighted by Crippen LogP contribution is 2.38. The zero-order valence-corrected chi connectivity index (χ0v) is 23.6. The monoisotopic (exact) mass is 530 g/mol. The summed E-state index contributed by atoms with van der Waals surface area (Å²) in [5.74, 6) is 2.00. The molecule has 2 aliphatic rings. The molecule has 3 aromatic carbocycles. The van der Waals surface area contributed by atoms with E-state index in [0.29, 0.717) is 12.3 Å². The molecule has 1 fully saturated rings. The number of likely N-dealkylation sites (tertiary alicyclic amines) is 1. The number of piperidine rings is 1. The molecular weight excluding hydrogens is 487 g/mol. The van der Waals surface area contributed by atoms with Crippen molar-refractivity contribution in [3.8, 4) is 11.5 Å². The topological polar surface area (TPSA) is 47.7 Å². The molecule has 0 bridgehead atoms. The van der Waals surface area contributed by atoms with E-state index < -0.39 is 0 Å². The Kier molecular flexibility index (Phi) is 9.21. The van der Waals surface area contributed by atoms with Crippen molar-refractivity contribution in [2.24, 2.45) is 5.73 Å². The summed E-state index contributed by atoms with van der Waals surface area (Å²) in [6.07, 6.45) is 9.36. The van der Waals surface area contributed by atoms with Crippen LogP contribution in [-0.2, 0) is 25.7 Å². The summed E-state index contributed by atoms with van der Waals surface area (Å²) in [5.41, 5.74) is 13.7. The molecule has 2 unspecified atom stereocenters. The van der Waals surface area contributed by atoms with E-state index in [-0.39, 0.29) is 11.9 Å². The Morgan fingerprint density at radius 2 is 1.69 bits per heavy atom. The maximum Gasteiger partial charge on any atom is 0.126 e. The number of methoxy groups -OCH3 is 2. The van der Waals surface area contributed by atoms with Gasteiger partial charge in [-0.25, -0.2) is 4.39 Å². The van der Waals surface area contributed by atoms with Crippen LogP contribution >= 0.6 is 0 Å². The zero-order valence-electron chi connectivity index (χ0n) is 23.6. The lowest BCUT2D eigenvalue weighted by Gasteiger charge is -2.29. The van der Waals surface area contributed by atoms with E-state index in [0.717, 1.165) is 66.8 Å². The van der Waals surface area contributed by atoms with Crippen LogP contribution in [0.15, 0.2) is 54.6 Å². The van der Waals surface area contributed by atoms with Gasteiger partial charge in [-0.2, -0.15) is 0 Å². The summed E-state index contributed by atoms with van der Waals surface area (Å²) in [5, 5.41) is 0. The lowest BCUT2D eigenvalue weighted by atomic mass is 9.77. The number of hydrogen-bond acceptors (Lipinski definition) is 4. The predicted molar refractivity (Wildman–Crippen MR) is 156 cm³/mol. The lowest BCUT2D eigenvalue weighted by Crippen LogP contribution is -2.30. The summed E-state index contributed by atoms with van der Waals surface area (Å²) in [6, 6.07) is 18.2. The molecule has 2 atom stereocenters. The van der Waals surface area contributed by atoms with E-state index >= 15 is 4.39 Å². The smallest absolute Gasteiger partial charge is 0.126 e. The second-order valence-corrected chi connectivity index (χ2v) is 11.3. The van der Waals surface area contributed by atoms with Gasteiger partial charge in [-0.05, 0) is 141 Å². The standard InChI is InChI=1S/C34H43FN2O2/c1-38-29-13-12-26-21-28(11-10-27(26)22-29)31-15-14-30(39-2)23-32(31)34(36)20-24-8-9-25(33(35)19-24)7-6-18-37-16-4-3-5-17-37/h8-9,12-15,19,22-23,28,34H,3-7,10-11,16-18,20-21,36H2,1-2H3. The van der Waals surface area contributed by atoms with Crippen molar-refractivity contribution in [3.63, 3.8) is 0 Å². The van der Waals surface area contributed by atoms with Gasteiger partial charge in [-0.3, -0.25) is 0 Å². The fourth-order valence-electron chi connectivity index (χ4n) is 6.46. The summed E-state index contributed by atoms with van der Waals surface area (Å²) in [6.45, 7) is 3.44. The number of halogens is 1. The van der Waals surface area contributed by atoms with E-state index in [9.17, 15) is 0 Å². The van der Waals surface area contributed by atoms with Crippen molar-refractivity contribution in [1.82, 2.24) is 4.90 Å². The molecule has 1 aliphatic heterocycles. The van der Waals surface area contributed by atoms with Crippen LogP contribution in [0.2, 0.25) is 0 Å². The van der Waals surface area contributed by atoms with Crippen LogP contribution in [0.3, 0.4) is 0 Å². The summed E-state index contributed by atoms with van der Waals surface area (Å²) in [7, 11) is 3.41. The van der Waals surface area contributed by atoms with E-state index in [4.69, 9.17) is 15.2 Å². The summed E-state index contributed by atoms with van der Waals surface area (Å²) in [4.78, 5) is 2.52. The van der Waals surface area contributed by atoms with Crippen molar-refractivity contribution in [2.75, 3.05) is 33.9 Å². The number of benzene rings is 3. The number of nitrogens with zero attached hydrogens (tertiary/aromatic N) is 1. The molecule has 39 heavy (non-hydrogen) atoms. The summed E-state index contributed by atoms with van der Waals surface area (Å²) >= 11 is 0. The Morgan fingerprint density at radius 1 is 0.923 bits per heavy atom. The number of ether oxygens (including phenoxy) is 2. The number of nitrogens with two attached hydrogens (primary N) is 1. The minimum absolute atomic E-state index is 0.108. The quantitative estimate of drug-likeness (QED) is 0.314. The van der Waals surface area contributed by atoms with Crippen molar-refractivity contribution in [3.05, 3.63) is 93.8 Å². The number of hydrogen-bond donors (Lipinski definition) is 1. The van der Waals surface area contributed by atoms with Crippen LogP contribution in [0.1, 0.15) is 77.4 Å². The van der Waals surface area contributed by atoms with Gasteiger partial charge in [-0.1, -0.05) is 30.7 Å². The normalized spacial score (nSPS) is 18.4. The fraction of sp³-hybridized carbons (Fsp3) is 0.471. The van der Waals surface area contributed by atoms with E-state index in [1.54, 1.807) is 20.3 Å². The van der Waals surface area contributed by atoms with E-state index in [1.165, 1.54) is 49.0 Å². The third-order valence-electron chi connectivity index (χ3n) is 8.72. The van der Waals surface area contributed by atoms with E-state index in [2.05, 4.69) is 35.2 Å². The van der Waals surface area contributed by atoms with Crippen LogP contribution in [0.25, 0.3) is 0 Å². The zero-order chi connectivity index (χ0) is 27.2. The lowest BCUT2D eigenvalue weighted by molar-refractivity contribution is 0.226. The largest absolute Gasteiger partial charge is 0.497 e. The Morgan fingerprint density at radius 3 is 2.46 bits per heavy atom. The van der Waals surface area contributed by atoms with Gasteiger partial charge in [0.25, 0.3) is 0 Å². The molecule has 4 nitrogen and oxygen atoms in total. The fourth-order valence-corrected chi connectivity index (χ4v) is 6.46. The molecule has 0 saturated carbocycles. The highest BCUT2D eigenvalue weighted by atomic mass is 19.1. The third-order valence-corrected chi connectivity index (χ3v) is 8.72. The van der Waals surface area contributed by atoms with Gasteiger partial charge in [0, 0.05) is 6.04 Å². The van der Waals surface area contributed by atoms with Gasteiger partial charge in [0.15, 0.2) is 0 Å². The van der Waals surface area contributed by atoms with Gasteiger partial charge < -0.3 is 20.1 Å². The van der Waals surface area contributed by atoms with Crippen LogP contribution in [0, 0.1) is 5.82 Å². The predicted octanol–water partition coefficient (Wildman–Crippen LogP) is 6.78. The average Bonchev–Trinajstić information content (AvgIpc) is 2.98.